The molecule has 0 fully saturated rings. The topological polar surface area (TPSA) is 89.5 Å². The summed E-state index contributed by atoms with van der Waals surface area (Å²) in [6.45, 7) is 0.878. The van der Waals surface area contributed by atoms with Gasteiger partial charge in [0.25, 0.3) is 11.4 Å². The molecule has 7 heteroatoms. The predicted octanol–water partition coefficient (Wildman–Crippen LogP) is 4.71. The molecule has 3 aromatic carbocycles. The molecular formula is C20H17N3O4. The molecular weight excluding hydrogens is 346 g/mol. The van der Waals surface area contributed by atoms with E-state index in [0.717, 1.165) is 17.2 Å². The fraction of sp³-hybridized carbons (Fsp3) is 0.100. The lowest BCUT2D eigenvalue weighted by molar-refractivity contribution is -0.393. The molecule has 7 nitrogen and oxygen atoms in total. The van der Waals surface area contributed by atoms with Gasteiger partial charge in [-0.1, -0.05) is 60.7 Å². The number of hydrogen-bond donors (Lipinski definition) is 0. The lowest BCUT2D eigenvalue weighted by atomic mass is 10.1. The highest BCUT2D eigenvalue weighted by Crippen LogP contribution is 2.33. The number of non-ortho nitro benzene ring substituents is 1. The van der Waals surface area contributed by atoms with Crippen molar-refractivity contribution >= 4 is 17.1 Å². The second-order valence-electron chi connectivity index (χ2n) is 6.01. The number of nitro groups is 2. The summed E-state index contributed by atoms with van der Waals surface area (Å²) in [7, 11) is 0. The molecule has 0 aliphatic heterocycles. The number of hydrogen-bond acceptors (Lipinski definition) is 5. The second kappa shape index (κ2) is 8.09. The molecule has 136 valence electrons. The first-order chi connectivity index (χ1) is 13.0. The van der Waals surface area contributed by atoms with Gasteiger partial charge < -0.3 is 4.90 Å². The van der Waals surface area contributed by atoms with Gasteiger partial charge >= 0.3 is 0 Å². The van der Waals surface area contributed by atoms with Crippen LogP contribution in [0.25, 0.3) is 0 Å². The zero-order valence-corrected chi connectivity index (χ0v) is 14.4. The quantitative estimate of drug-likeness (QED) is 0.448. The molecule has 0 atom stereocenters. The predicted molar refractivity (Wildman–Crippen MR) is 103 cm³/mol. The Morgan fingerprint density at radius 1 is 0.704 bits per heavy atom. The van der Waals surface area contributed by atoms with Crippen LogP contribution in [0.3, 0.4) is 0 Å². The van der Waals surface area contributed by atoms with Gasteiger partial charge in [-0.05, 0) is 17.2 Å². The molecule has 0 amide bonds. The van der Waals surface area contributed by atoms with Gasteiger partial charge in [0, 0.05) is 19.2 Å². The summed E-state index contributed by atoms with van der Waals surface area (Å²) < 4.78 is 0. The van der Waals surface area contributed by atoms with Crippen molar-refractivity contribution in [2.75, 3.05) is 4.90 Å². The van der Waals surface area contributed by atoms with Crippen LogP contribution in [0.2, 0.25) is 0 Å². The smallest absolute Gasteiger partial charge is 0.299 e. The third-order valence-corrected chi connectivity index (χ3v) is 4.14. The van der Waals surface area contributed by atoms with Crippen LogP contribution in [-0.4, -0.2) is 9.85 Å². The highest BCUT2D eigenvalue weighted by atomic mass is 16.6. The van der Waals surface area contributed by atoms with Crippen LogP contribution >= 0.6 is 0 Å². The van der Waals surface area contributed by atoms with Gasteiger partial charge in [-0.15, -0.1) is 0 Å². The maximum absolute atomic E-state index is 11.6. The third kappa shape index (κ3) is 4.46. The van der Waals surface area contributed by atoms with Gasteiger partial charge in [0.1, 0.15) is 5.69 Å². The molecule has 0 saturated heterocycles. The summed E-state index contributed by atoms with van der Waals surface area (Å²) in [5.41, 5.74) is 1.74. The molecule has 0 aliphatic rings. The minimum atomic E-state index is -0.629. The highest BCUT2D eigenvalue weighted by Gasteiger charge is 2.24. The van der Waals surface area contributed by atoms with E-state index < -0.39 is 9.85 Å². The van der Waals surface area contributed by atoms with Crippen molar-refractivity contribution in [1.29, 1.82) is 0 Å². The first-order valence-electron chi connectivity index (χ1n) is 8.30. The van der Waals surface area contributed by atoms with Gasteiger partial charge in [-0.2, -0.15) is 0 Å². The monoisotopic (exact) mass is 363 g/mol. The molecule has 3 aromatic rings. The van der Waals surface area contributed by atoms with Gasteiger partial charge in [-0.3, -0.25) is 20.2 Å². The summed E-state index contributed by atoms with van der Waals surface area (Å²) in [6.07, 6.45) is 0. The first-order valence-corrected chi connectivity index (χ1v) is 8.30. The van der Waals surface area contributed by atoms with Crippen LogP contribution in [0.5, 0.6) is 0 Å². The van der Waals surface area contributed by atoms with E-state index in [-0.39, 0.29) is 11.4 Å². The molecule has 0 aliphatic carbocycles. The van der Waals surface area contributed by atoms with Gasteiger partial charge in [0.05, 0.1) is 15.9 Å². The van der Waals surface area contributed by atoms with Crippen LogP contribution in [0.1, 0.15) is 11.1 Å². The molecule has 0 spiro atoms. The zero-order valence-electron chi connectivity index (χ0n) is 14.4. The third-order valence-electron chi connectivity index (χ3n) is 4.14. The van der Waals surface area contributed by atoms with Gasteiger partial charge in [0.15, 0.2) is 0 Å². The van der Waals surface area contributed by atoms with Crippen LogP contribution in [-0.2, 0) is 13.1 Å². The lowest BCUT2D eigenvalue weighted by Crippen LogP contribution is -2.23. The van der Waals surface area contributed by atoms with E-state index in [1.807, 2.05) is 65.6 Å². The highest BCUT2D eigenvalue weighted by molar-refractivity contribution is 5.67. The Balaban J connectivity index is 2.03. The number of benzene rings is 3. The van der Waals surface area contributed by atoms with Crippen LogP contribution in [0.15, 0.2) is 78.9 Å². The van der Waals surface area contributed by atoms with E-state index >= 15 is 0 Å². The summed E-state index contributed by atoms with van der Waals surface area (Å²) in [4.78, 5) is 23.2. The lowest BCUT2D eigenvalue weighted by Gasteiger charge is -2.25. The molecule has 0 saturated carbocycles. The standard InChI is InChI=1S/C20H17N3O4/c24-22(25)18-11-12-19(20(13-18)23(26)27)21(14-16-7-3-1-4-8-16)15-17-9-5-2-6-10-17/h1-13H,14-15H2. The molecule has 0 heterocycles. The van der Waals surface area contributed by atoms with E-state index in [1.165, 1.54) is 12.1 Å². The van der Waals surface area contributed by atoms with Crippen molar-refractivity contribution in [2.45, 2.75) is 13.1 Å². The molecule has 3 rings (SSSR count). The number of anilines is 1. The minimum absolute atomic E-state index is 0.281. The Morgan fingerprint density at radius 3 is 1.67 bits per heavy atom. The SMILES string of the molecule is O=[N+]([O-])c1ccc(N(Cc2ccccc2)Cc2ccccc2)c([N+](=O)[O-])c1. The van der Waals surface area contributed by atoms with E-state index in [9.17, 15) is 20.2 Å². The van der Waals surface area contributed by atoms with E-state index in [0.29, 0.717) is 18.8 Å². The van der Waals surface area contributed by atoms with Crippen LogP contribution in [0, 0.1) is 20.2 Å². The van der Waals surface area contributed by atoms with Crippen molar-refractivity contribution in [3.8, 4) is 0 Å². The summed E-state index contributed by atoms with van der Waals surface area (Å²) in [6, 6.07) is 22.9. The summed E-state index contributed by atoms with van der Waals surface area (Å²) in [5, 5.41) is 22.6. The number of rotatable bonds is 7. The average Bonchev–Trinajstić information content (AvgIpc) is 2.68. The largest absolute Gasteiger partial charge is 0.357 e. The Labute approximate surface area is 155 Å². The Bertz CT molecular complexity index is 904. The molecule has 0 bridgehead atoms. The van der Waals surface area contributed by atoms with Crippen molar-refractivity contribution in [3.05, 3.63) is 110 Å². The van der Waals surface area contributed by atoms with Crippen molar-refractivity contribution in [3.63, 3.8) is 0 Å². The fourth-order valence-corrected chi connectivity index (χ4v) is 2.87. The zero-order chi connectivity index (χ0) is 19.2. The van der Waals surface area contributed by atoms with Crippen LogP contribution in [0.4, 0.5) is 17.1 Å². The van der Waals surface area contributed by atoms with E-state index in [2.05, 4.69) is 0 Å². The number of nitro benzene ring substituents is 2. The summed E-state index contributed by atoms with van der Waals surface area (Å²) >= 11 is 0. The summed E-state index contributed by atoms with van der Waals surface area (Å²) in [5.74, 6) is 0. The second-order valence-corrected chi connectivity index (χ2v) is 6.01. The Kier molecular flexibility index (Phi) is 5.41. The molecule has 0 aromatic heterocycles. The molecule has 0 unspecified atom stereocenters. The maximum atomic E-state index is 11.6. The van der Waals surface area contributed by atoms with Gasteiger partial charge in [0.2, 0.25) is 0 Å². The molecule has 27 heavy (non-hydrogen) atoms. The first kappa shape index (κ1) is 18.1. The van der Waals surface area contributed by atoms with Crippen molar-refractivity contribution in [2.24, 2.45) is 0 Å². The average molecular weight is 363 g/mol. The van der Waals surface area contributed by atoms with Gasteiger partial charge in [-0.25, -0.2) is 0 Å². The Morgan fingerprint density at radius 2 is 1.22 bits per heavy atom. The van der Waals surface area contributed by atoms with Crippen LogP contribution < -0.4 is 4.90 Å². The Hall–Kier alpha value is -3.74. The molecule has 0 N–H and O–H groups in total. The van der Waals surface area contributed by atoms with Crippen molar-refractivity contribution in [1.82, 2.24) is 0 Å². The van der Waals surface area contributed by atoms with E-state index in [1.54, 1.807) is 0 Å². The van der Waals surface area contributed by atoms with Crippen molar-refractivity contribution < 1.29 is 9.85 Å². The normalized spacial score (nSPS) is 10.4. The van der Waals surface area contributed by atoms with E-state index in [4.69, 9.17) is 0 Å². The number of nitrogens with zero attached hydrogens (tertiary/aromatic N) is 3. The maximum Gasteiger partial charge on any atom is 0.299 e. The minimum Gasteiger partial charge on any atom is -0.357 e. The fourth-order valence-electron chi connectivity index (χ4n) is 2.87. The molecule has 0 radical (unpaired) electrons.